The maximum atomic E-state index is 11.8. The van der Waals surface area contributed by atoms with Crippen molar-refractivity contribution in [3.05, 3.63) is 32.6 Å². The van der Waals surface area contributed by atoms with Gasteiger partial charge in [0.25, 0.3) is 5.56 Å². The molecular weight excluding hydrogens is 230 g/mol. The molecule has 1 fully saturated rings. The molecule has 0 spiro atoms. The molecule has 1 aromatic rings. The summed E-state index contributed by atoms with van der Waals surface area (Å²) in [4.78, 5) is 25.7. The Hall–Kier alpha value is -1.36. The Morgan fingerprint density at radius 3 is 2.44 bits per heavy atom. The Labute approximate surface area is 107 Å². The Bertz CT molecular complexity index is 538. The maximum Gasteiger partial charge on any atom is 0.330 e. The first-order chi connectivity index (χ1) is 8.50. The average molecular weight is 251 g/mol. The highest BCUT2D eigenvalue weighted by molar-refractivity contribution is 5.02. The van der Waals surface area contributed by atoms with Crippen molar-refractivity contribution in [2.24, 2.45) is 14.1 Å². The molecule has 0 aromatic carbocycles. The molecule has 5 nitrogen and oxygen atoms in total. The Morgan fingerprint density at radius 1 is 1.22 bits per heavy atom. The third-order valence-corrected chi connectivity index (χ3v) is 3.98. The Balaban J connectivity index is 2.24. The van der Waals surface area contributed by atoms with Gasteiger partial charge in [-0.05, 0) is 19.9 Å². The van der Waals surface area contributed by atoms with Crippen molar-refractivity contribution < 1.29 is 0 Å². The topological polar surface area (TPSA) is 47.2 Å². The fourth-order valence-corrected chi connectivity index (χ4v) is 2.66. The fraction of sp³-hybridized carbons (Fsp3) is 0.692. The zero-order chi connectivity index (χ0) is 13.3. The molecule has 0 radical (unpaired) electrons. The van der Waals surface area contributed by atoms with E-state index in [1.807, 2.05) is 0 Å². The molecule has 0 atom stereocenters. The molecule has 0 amide bonds. The van der Waals surface area contributed by atoms with E-state index in [1.54, 1.807) is 17.7 Å². The predicted molar refractivity (Wildman–Crippen MR) is 70.6 cm³/mol. The third kappa shape index (κ3) is 2.41. The van der Waals surface area contributed by atoms with Crippen molar-refractivity contribution in [3.8, 4) is 0 Å². The average Bonchev–Trinajstić information content (AvgIpc) is 2.87. The van der Waals surface area contributed by atoms with Crippen LogP contribution in [0.25, 0.3) is 0 Å². The molecule has 5 heteroatoms. The van der Waals surface area contributed by atoms with E-state index >= 15 is 0 Å². The number of rotatable bonds is 3. The lowest BCUT2D eigenvalue weighted by atomic mass is 10.2. The first-order valence-corrected chi connectivity index (χ1v) is 6.47. The molecule has 1 aromatic heterocycles. The van der Waals surface area contributed by atoms with Gasteiger partial charge in [0, 0.05) is 38.4 Å². The predicted octanol–water partition coefficient (Wildman–Crippen LogP) is 0.458. The molecule has 18 heavy (non-hydrogen) atoms. The number of nitrogens with zero attached hydrogens (tertiary/aromatic N) is 3. The van der Waals surface area contributed by atoms with Crippen LogP contribution in [-0.2, 0) is 20.6 Å². The zero-order valence-corrected chi connectivity index (χ0v) is 11.3. The summed E-state index contributed by atoms with van der Waals surface area (Å²) in [6.07, 6.45) is 5.00. The van der Waals surface area contributed by atoms with Crippen LogP contribution in [0.3, 0.4) is 0 Å². The standard InChI is InChI=1S/C13H21N3O2/c1-14(10-6-4-5-7-10)9-11-8-12(17)16(3)13(18)15(11)2/h8,10H,4-7,9H2,1-3H3. The van der Waals surface area contributed by atoms with E-state index in [0.717, 1.165) is 10.3 Å². The summed E-state index contributed by atoms with van der Waals surface area (Å²) in [6, 6.07) is 2.15. The van der Waals surface area contributed by atoms with Gasteiger partial charge >= 0.3 is 5.69 Å². The van der Waals surface area contributed by atoms with E-state index in [2.05, 4.69) is 11.9 Å². The van der Waals surface area contributed by atoms with Gasteiger partial charge in [-0.2, -0.15) is 0 Å². The second-order valence-electron chi connectivity index (χ2n) is 5.23. The molecule has 1 heterocycles. The fourth-order valence-electron chi connectivity index (χ4n) is 2.66. The summed E-state index contributed by atoms with van der Waals surface area (Å²) in [7, 11) is 5.30. The summed E-state index contributed by atoms with van der Waals surface area (Å²) >= 11 is 0. The minimum absolute atomic E-state index is 0.229. The van der Waals surface area contributed by atoms with Crippen LogP contribution >= 0.6 is 0 Å². The van der Waals surface area contributed by atoms with Gasteiger partial charge in [0.1, 0.15) is 0 Å². The van der Waals surface area contributed by atoms with E-state index in [9.17, 15) is 9.59 Å². The highest BCUT2D eigenvalue weighted by Crippen LogP contribution is 2.23. The molecule has 100 valence electrons. The van der Waals surface area contributed by atoms with Crippen LogP contribution in [0, 0.1) is 0 Å². The second kappa shape index (κ2) is 5.10. The van der Waals surface area contributed by atoms with Gasteiger partial charge in [0.2, 0.25) is 0 Å². The molecule has 1 saturated carbocycles. The first kappa shape index (κ1) is 13.1. The molecule has 0 N–H and O–H groups in total. The van der Waals surface area contributed by atoms with Crippen LogP contribution in [0.5, 0.6) is 0 Å². The zero-order valence-electron chi connectivity index (χ0n) is 11.3. The normalized spacial score (nSPS) is 16.7. The molecule has 1 aliphatic carbocycles. The largest absolute Gasteiger partial charge is 0.330 e. The van der Waals surface area contributed by atoms with E-state index in [0.29, 0.717) is 12.6 Å². The van der Waals surface area contributed by atoms with Crippen molar-refractivity contribution in [3.63, 3.8) is 0 Å². The SMILES string of the molecule is CN(Cc1cc(=O)n(C)c(=O)n1C)C1CCCC1. The summed E-state index contributed by atoms with van der Waals surface area (Å²) in [5.41, 5.74) is 0.308. The van der Waals surface area contributed by atoms with Crippen molar-refractivity contribution in [2.75, 3.05) is 7.05 Å². The van der Waals surface area contributed by atoms with E-state index in [-0.39, 0.29) is 11.2 Å². The van der Waals surface area contributed by atoms with Crippen molar-refractivity contribution in [2.45, 2.75) is 38.3 Å². The molecule has 0 unspecified atom stereocenters. The molecule has 0 saturated heterocycles. The quantitative estimate of drug-likeness (QED) is 0.784. The summed E-state index contributed by atoms with van der Waals surface area (Å²) in [6.45, 7) is 0.659. The number of hydrogen-bond acceptors (Lipinski definition) is 3. The molecule has 0 aliphatic heterocycles. The van der Waals surface area contributed by atoms with Crippen molar-refractivity contribution in [1.29, 1.82) is 0 Å². The van der Waals surface area contributed by atoms with E-state index in [1.165, 1.54) is 32.7 Å². The highest BCUT2D eigenvalue weighted by atomic mass is 16.2. The second-order valence-corrected chi connectivity index (χ2v) is 5.23. The van der Waals surface area contributed by atoms with Gasteiger partial charge in [-0.15, -0.1) is 0 Å². The lowest BCUT2D eigenvalue weighted by Gasteiger charge is -2.24. The number of aromatic nitrogens is 2. The summed E-state index contributed by atoms with van der Waals surface area (Å²) < 4.78 is 2.70. The van der Waals surface area contributed by atoms with Crippen LogP contribution in [-0.4, -0.2) is 27.1 Å². The molecular formula is C13H21N3O2. The number of hydrogen-bond donors (Lipinski definition) is 0. The molecule has 2 rings (SSSR count). The van der Waals surface area contributed by atoms with Crippen LogP contribution in [0.2, 0.25) is 0 Å². The molecule has 1 aliphatic rings. The van der Waals surface area contributed by atoms with Crippen molar-refractivity contribution >= 4 is 0 Å². The van der Waals surface area contributed by atoms with Crippen LogP contribution in [0.15, 0.2) is 15.7 Å². The molecule has 0 bridgehead atoms. The lowest BCUT2D eigenvalue weighted by Crippen LogP contribution is -2.40. The van der Waals surface area contributed by atoms with Gasteiger partial charge in [-0.25, -0.2) is 4.79 Å². The van der Waals surface area contributed by atoms with Crippen LogP contribution in [0.1, 0.15) is 31.4 Å². The van der Waals surface area contributed by atoms with E-state index < -0.39 is 0 Å². The minimum atomic E-state index is -0.252. The Morgan fingerprint density at radius 2 is 1.83 bits per heavy atom. The minimum Gasteiger partial charge on any atom is -0.299 e. The summed E-state index contributed by atoms with van der Waals surface area (Å²) in [5.74, 6) is 0. The van der Waals surface area contributed by atoms with Gasteiger partial charge in [0.15, 0.2) is 0 Å². The van der Waals surface area contributed by atoms with Gasteiger partial charge in [0.05, 0.1) is 0 Å². The lowest BCUT2D eigenvalue weighted by molar-refractivity contribution is 0.231. The smallest absolute Gasteiger partial charge is 0.299 e. The van der Waals surface area contributed by atoms with Gasteiger partial charge in [-0.1, -0.05) is 12.8 Å². The first-order valence-electron chi connectivity index (χ1n) is 6.47. The summed E-state index contributed by atoms with van der Waals surface area (Å²) in [5, 5.41) is 0. The maximum absolute atomic E-state index is 11.8. The Kier molecular flexibility index (Phi) is 3.71. The monoisotopic (exact) mass is 251 g/mol. The van der Waals surface area contributed by atoms with Gasteiger partial charge in [-0.3, -0.25) is 18.8 Å². The van der Waals surface area contributed by atoms with E-state index in [4.69, 9.17) is 0 Å². The van der Waals surface area contributed by atoms with Crippen molar-refractivity contribution in [1.82, 2.24) is 14.0 Å². The third-order valence-electron chi connectivity index (χ3n) is 3.98. The highest BCUT2D eigenvalue weighted by Gasteiger charge is 2.20. The van der Waals surface area contributed by atoms with Crippen LogP contribution < -0.4 is 11.2 Å². The van der Waals surface area contributed by atoms with Crippen LogP contribution in [0.4, 0.5) is 0 Å². The van der Waals surface area contributed by atoms with Gasteiger partial charge < -0.3 is 0 Å².